The van der Waals surface area contributed by atoms with Crippen LogP contribution in [0.15, 0.2) is 30.3 Å². The minimum absolute atomic E-state index is 0.0445. The number of hydrogen-bond donors (Lipinski definition) is 1. The van der Waals surface area contributed by atoms with Crippen LogP contribution >= 0.6 is 23.2 Å². The van der Waals surface area contributed by atoms with Crippen LogP contribution in [-0.4, -0.2) is 23.9 Å². The van der Waals surface area contributed by atoms with Gasteiger partial charge in [0.05, 0.1) is 0 Å². The second-order valence-corrected chi connectivity index (χ2v) is 8.33. The van der Waals surface area contributed by atoms with Crippen LogP contribution in [0.3, 0.4) is 0 Å². The molecule has 2 aromatic rings. The lowest BCUT2D eigenvalue weighted by Gasteiger charge is -2.32. The molecule has 3 rings (SSSR count). The highest BCUT2D eigenvalue weighted by molar-refractivity contribution is 6.35. The van der Waals surface area contributed by atoms with E-state index < -0.39 is 0 Å². The summed E-state index contributed by atoms with van der Waals surface area (Å²) in [5, 5.41) is 4.56. The summed E-state index contributed by atoms with van der Waals surface area (Å²) in [7, 11) is 0. The summed E-state index contributed by atoms with van der Waals surface area (Å²) in [6, 6.07) is 9.82. The molecule has 144 valence electrons. The van der Waals surface area contributed by atoms with Crippen molar-refractivity contribution in [3.05, 3.63) is 62.6 Å². The number of carbonyl (C=O) groups excluding carboxylic acids is 1. The van der Waals surface area contributed by atoms with Gasteiger partial charge in [0.2, 0.25) is 5.91 Å². The van der Waals surface area contributed by atoms with E-state index >= 15 is 0 Å². The molecule has 27 heavy (non-hydrogen) atoms. The van der Waals surface area contributed by atoms with Gasteiger partial charge >= 0.3 is 0 Å². The Kier molecular flexibility index (Phi) is 6.46. The Morgan fingerprint density at radius 3 is 2.19 bits per heavy atom. The molecule has 0 spiro atoms. The third kappa shape index (κ3) is 4.84. The molecule has 3 nitrogen and oxygen atoms in total. The first-order valence-electron chi connectivity index (χ1n) is 9.39. The van der Waals surface area contributed by atoms with Gasteiger partial charge < -0.3 is 5.32 Å². The Bertz CT molecular complexity index is 799. The summed E-state index contributed by atoms with van der Waals surface area (Å²) >= 11 is 12.6. The van der Waals surface area contributed by atoms with Crippen LogP contribution in [0.5, 0.6) is 0 Å². The number of benzene rings is 2. The lowest BCUT2D eigenvalue weighted by molar-refractivity contribution is -0.121. The fourth-order valence-electron chi connectivity index (χ4n) is 3.86. The third-order valence-corrected chi connectivity index (χ3v) is 6.04. The van der Waals surface area contributed by atoms with Gasteiger partial charge in [0.1, 0.15) is 0 Å². The van der Waals surface area contributed by atoms with Crippen molar-refractivity contribution < 1.29 is 4.79 Å². The Hall–Kier alpha value is -1.55. The zero-order valence-electron chi connectivity index (χ0n) is 16.1. The van der Waals surface area contributed by atoms with Crippen molar-refractivity contribution in [2.75, 3.05) is 18.4 Å². The smallest absolute Gasteiger partial charge is 0.227 e. The molecular formula is C22H26Cl2N2O. The zero-order valence-corrected chi connectivity index (χ0v) is 17.6. The van der Waals surface area contributed by atoms with Gasteiger partial charge in [-0.3, -0.25) is 9.69 Å². The molecule has 0 unspecified atom stereocenters. The first-order valence-corrected chi connectivity index (χ1v) is 10.1. The molecule has 0 aliphatic carbocycles. The topological polar surface area (TPSA) is 32.3 Å². The standard InChI is InChI=1S/C22H26Cl2N2O/c1-14-11-15(2)21(16(3)12-14)25-22(27)17-7-9-26(10-8-17)13-18-19(23)5-4-6-20(18)24/h4-6,11-12,17H,7-10,13H2,1-3H3,(H,25,27). The quantitative estimate of drug-likeness (QED) is 0.701. The van der Waals surface area contributed by atoms with Crippen molar-refractivity contribution >= 4 is 34.8 Å². The molecule has 1 amide bonds. The molecule has 0 bridgehead atoms. The first kappa shape index (κ1) is 20.2. The molecular weight excluding hydrogens is 379 g/mol. The molecule has 0 saturated carbocycles. The number of likely N-dealkylation sites (tertiary alicyclic amines) is 1. The van der Waals surface area contributed by atoms with E-state index in [1.165, 1.54) is 5.56 Å². The predicted octanol–water partition coefficient (Wildman–Crippen LogP) is 5.77. The van der Waals surface area contributed by atoms with Gasteiger partial charge in [-0.2, -0.15) is 0 Å². The van der Waals surface area contributed by atoms with Crippen LogP contribution < -0.4 is 5.32 Å². The van der Waals surface area contributed by atoms with Crippen molar-refractivity contribution in [2.24, 2.45) is 5.92 Å². The second-order valence-electron chi connectivity index (χ2n) is 7.51. The highest BCUT2D eigenvalue weighted by atomic mass is 35.5. The molecule has 1 heterocycles. The van der Waals surface area contributed by atoms with Crippen LogP contribution in [0.1, 0.15) is 35.1 Å². The summed E-state index contributed by atoms with van der Waals surface area (Å²) < 4.78 is 0. The number of halogens is 2. The summed E-state index contributed by atoms with van der Waals surface area (Å²) in [5.74, 6) is 0.170. The Labute approximate surface area is 171 Å². The van der Waals surface area contributed by atoms with Gasteiger partial charge in [0.25, 0.3) is 0 Å². The highest BCUT2D eigenvalue weighted by Gasteiger charge is 2.26. The number of anilines is 1. The fraction of sp³-hybridized carbons (Fsp3) is 0.409. The largest absolute Gasteiger partial charge is 0.325 e. The molecule has 5 heteroatoms. The zero-order chi connectivity index (χ0) is 19.6. The lowest BCUT2D eigenvalue weighted by Crippen LogP contribution is -2.38. The van der Waals surface area contributed by atoms with Gasteiger partial charge in [-0.05, 0) is 70.0 Å². The van der Waals surface area contributed by atoms with Crippen LogP contribution in [0.2, 0.25) is 10.0 Å². The highest BCUT2D eigenvalue weighted by Crippen LogP contribution is 2.29. The minimum Gasteiger partial charge on any atom is -0.325 e. The molecule has 1 aliphatic rings. The average Bonchev–Trinajstić information content (AvgIpc) is 2.61. The van der Waals surface area contributed by atoms with Crippen LogP contribution in [0.4, 0.5) is 5.69 Å². The maximum Gasteiger partial charge on any atom is 0.227 e. The van der Waals surface area contributed by atoms with E-state index in [9.17, 15) is 4.79 Å². The summed E-state index contributed by atoms with van der Waals surface area (Å²) in [5.41, 5.74) is 5.37. The van der Waals surface area contributed by atoms with Gasteiger partial charge in [-0.1, -0.05) is 47.0 Å². The Morgan fingerprint density at radius 1 is 1.07 bits per heavy atom. The maximum atomic E-state index is 12.8. The van der Waals surface area contributed by atoms with Crippen molar-refractivity contribution in [2.45, 2.75) is 40.2 Å². The number of aryl methyl sites for hydroxylation is 3. The van der Waals surface area contributed by atoms with E-state index in [1.807, 2.05) is 32.0 Å². The minimum atomic E-state index is 0.0445. The van der Waals surface area contributed by atoms with Crippen LogP contribution in [0.25, 0.3) is 0 Å². The normalized spacial score (nSPS) is 15.7. The van der Waals surface area contributed by atoms with Crippen molar-refractivity contribution in [1.82, 2.24) is 4.90 Å². The number of piperidine rings is 1. The van der Waals surface area contributed by atoms with E-state index in [4.69, 9.17) is 23.2 Å². The Balaban J connectivity index is 1.58. The van der Waals surface area contributed by atoms with Crippen LogP contribution in [0, 0.1) is 26.7 Å². The molecule has 1 N–H and O–H groups in total. The average molecular weight is 405 g/mol. The summed E-state index contributed by atoms with van der Waals surface area (Å²) in [6.45, 7) is 8.63. The van der Waals surface area contributed by atoms with Crippen LogP contribution in [-0.2, 0) is 11.3 Å². The Morgan fingerprint density at radius 2 is 1.63 bits per heavy atom. The molecule has 1 fully saturated rings. The van der Waals surface area contributed by atoms with E-state index in [-0.39, 0.29) is 11.8 Å². The van der Waals surface area contributed by atoms with E-state index in [0.717, 1.165) is 54.9 Å². The molecule has 0 radical (unpaired) electrons. The fourth-order valence-corrected chi connectivity index (χ4v) is 4.38. The van der Waals surface area contributed by atoms with Gasteiger partial charge in [0.15, 0.2) is 0 Å². The van der Waals surface area contributed by atoms with Crippen molar-refractivity contribution in [3.8, 4) is 0 Å². The monoisotopic (exact) mass is 404 g/mol. The summed E-state index contributed by atoms with van der Waals surface area (Å²) in [6.07, 6.45) is 1.69. The molecule has 1 aliphatic heterocycles. The lowest BCUT2D eigenvalue weighted by atomic mass is 9.95. The van der Waals surface area contributed by atoms with E-state index in [0.29, 0.717) is 10.0 Å². The number of amides is 1. The second kappa shape index (κ2) is 8.64. The van der Waals surface area contributed by atoms with Gasteiger partial charge in [0, 0.05) is 33.8 Å². The van der Waals surface area contributed by atoms with E-state index in [2.05, 4.69) is 29.3 Å². The molecule has 0 atom stereocenters. The van der Waals surface area contributed by atoms with E-state index in [1.54, 1.807) is 0 Å². The third-order valence-electron chi connectivity index (χ3n) is 5.33. The first-order chi connectivity index (χ1) is 12.8. The molecule has 2 aromatic carbocycles. The van der Waals surface area contributed by atoms with Crippen molar-refractivity contribution in [3.63, 3.8) is 0 Å². The summed E-state index contributed by atoms with van der Waals surface area (Å²) in [4.78, 5) is 15.1. The molecule has 1 saturated heterocycles. The van der Waals surface area contributed by atoms with Gasteiger partial charge in [-0.15, -0.1) is 0 Å². The number of rotatable bonds is 4. The number of nitrogens with one attached hydrogen (secondary N) is 1. The predicted molar refractivity (Wildman–Crippen MR) is 114 cm³/mol. The SMILES string of the molecule is Cc1cc(C)c(NC(=O)C2CCN(Cc3c(Cl)cccc3Cl)CC2)c(C)c1. The maximum absolute atomic E-state index is 12.8. The van der Waals surface area contributed by atoms with Gasteiger partial charge in [-0.25, -0.2) is 0 Å². The van der Waals surface area contributed by atoms with Crippen molar-refractivity contribution in [1.29, 1.82) is 0 Å². The molecule has 0 aromatic heterocycles. The number of nitrogens with zero attached hydrogens (tertiary/aromatic N) is 1. The number of carbonyl (C=O) groups is 1. The number of hydrogen-bond acceptors (Lipinski definition) is 2.